The van der Waals surface area contributed by atoms with Crippen molar-refractivity contribution in [1.29, 1.82) is 0 Å². The summed E-state index contributed by atoms with van der Waals surface area (Å²) in [6.07, 6.45) is -2.22. The van der Waals surface area contributed by atoms with E-state index in [0.29, 0.717) is 6.20 Å². The summed E-state index contributed by atoms with van der Waals surface area (Å²) in [5.74, 6) is 0. The van der Waals surface area contributed by atoms with Gasteiger partial charge in [0, 0.05) is 0 Å². The van der Waals surface area contributed by atoms with E-state index in [-0.39, 0.29) is 5.15 Å². The molecule has 0 spiro atoms. The molecular weight excluding hydrogens is 206 g/mol. The van der Waals surface area contributed by atoms with Gasteiger partial charge in [0.25, 0.3) is 12.1 Å². The van der Waals surface area contributed by atoms with Gasteiger partial charge >= 0.3 is 0 Å². The molecule has 0 radical (unpaired) electrons. The number of rotatable bonds is 2. The van der Waals surface area contributed by atoms with Crippen LogP contribution in [0.4, 0.5) is 14.5 Å². The minimum Gasteiger partial charge on any atom is -0.258 e. The lowest BCUT2D eigenvalue weighted by Gasteiger charge is -2.00. The van der Waals surface area contributed by atoms with Crippen LogP contribution >= 0.6 is 11.6 Å². The second-order valence-corrected chi connectivity index (χ2v) is 2.51. The van der Waals surface area contributed by atoms with Gasteiger partial charge in [0.15, 0.2) is 0 Å². The lowest BCUT2D eigenvalue weighted by Crippen LogP contribution is -1.96. The fourth-order valence-electron chi connectivity index (χ4n) is 0.764. The zero-order chi connectivity index (χ0) is 10.0. The lowest BCUT2D eigenvalue weighted by atomic mass is 10.2. The number of aromatic nitrogens is 1. The number of nitrogens with zero attached hydrogens (tertiary/aromatic N) is 2. The third-order valence-electron chi connectivity index (χ3n) is 1.31. The summed E-state index contributed by atoms with van der Waals surface area (Å²) in [4.78, 5) is 12.6. The standard InChI is InChI=1S/C6H3ClF2N2O2/c7-5-1-3(6(8)9)4(2-10-5)11(12)13/h1-2,6H. The average Bonchev–Trinajstić information content (AvgIpc) is 2.03. The first-order chi connectivity index (χ1) is 6.02. The molecule has 13 heavy (non-hydrogen) atoms. The van der Waals surface area contributed by atoms with Gasteiger partial charge in [-0.1, -0.05) is 11.6 Å². The molecule has 0 aliphatic carbocycles. The first kappa shape index (κ1) is 9.79. The molecule has 7 heteroatoms. The molecule has 70 valence electrons. The Hall–Kier alpha value is -1.30. The van der Waals surface area contributed by atoms with Crippen molar-refractivity contribution < 1.29 is 13.7 Å². The number of hydrogen-bond acceptors (Lipinski definition) is 3. The number of alkyl halides is 2. The Balaban J connectivity index is 3.26. The molecule has 0 fully saturated rings. The van der Waals surface area contributed by atoms with E-state index in [1.54, 1.807) is 0 Å². The van der Waals surface area contributed by atoms with Crippen LogP contribution in [0.5, 0.6) is 0 Å². The van der Waals surface area contributed by atoms with E-state index in [9.17, 15) is 18.9 Å². The summed E-state index contributed by atoms with van der Waals surface area (Å²) < 4.78 is 24.4. The zero-order valence-corrected chi connectivity index (χ0v) is 6.83. The molecule has 1 rings (SSSR count). The molecule has 1 aromatic heterocycles. The fraction of sp³-hybridized carbons (Fsp3) is 0.167. The van der Waals surface area contributed by atoms with Crippen molar-refractivity contribution in [1.82, 2.24) is 4.98 Å². The van der Waals surface area contributed by atoms with Crippen LogP contribution in [0.1, 0.15) is 12.0 Å². The number of halogens is 3. The number of nitro groups is 1. The van der Waals surface area contributed by atoms with Crippen LogP contribution in [0.15, 0.2) is 12.3 Å². The molecule has 1 aromatic rings. The van der Waals surface area contributed by atoms with Crippen molar-refractivity contribution >= 4 is 17.3 Å². The topological polar surface area (TPSA) is 56.0 Å². The van der Waals surface area contributed by atoms with Crippen LogP contribution < -0.4 is 0 Å². The molecule has 0 amide bonds. The largest absolute Gasteiger partial charge is 0.296 e. The van der Waals surface area contributed by atoms with Gasteiger partial charge in [0.05, 0.1) is 4.92 Å². The highest BCUT2D eigenvalue weighted by Crippen LogP contribution is 2.29. The lowest BCUT2D eigenvalue weighted by molar-refractivity contribution is -0.386. The van der Waals surface area contributed by atoms with Crippen molar-refractivity contribution in [3.05, 3.63) is 33.1 Å². The highest BCUT2D eigenvalue weighted by molar-refractivity contribution is 6.29. The molecule has 0 saturated heterocycles. The molecule has 0 atom stereocenters. The first-order valence-corrected chi connectivity index (χ1v) is 3.48. The molecule has 0 unspecified atom stereocenters. The van der Waals surface area contributed by atoms with Gasteiger partial charge in [-0.05, 0) is 6.07 Å². The first-order valence-electron chi connectivity index (χ1n) is 3.10. The maximum atomic E-state index is 12.2. The monoisotopic (exact) mass is 208 g/mol. The van der Waals surface area contributed by atoms with Crippen molar-refractivity contribution in [2.75, 3.05) is 0 Å². The normalized spacial score (nSPS) is 10.5. The van der Waals surface area contributed by atoms with Gasteiger partial charge in [-0.15, -0.1) is 0 Å². The third kappa shape index (κ3) is 2.09. The smallest absolute Gasteiger partial charge is 0.258 e. The molecule has 0 saturated carbocycles. The highest BCUT2D eigenvalue weighted by atomic mass is 35.5. The fourth-order valence-corrected chi connectivity index (χ4v) is 0.931. The minimum absolute atomic E-state index is 0.194. The Kier molecular flexibility index (Phi) is 2.72. The highest BCUT2D eigenvalue weighted by Gasteiger charge is 2.22. The predicted octanol–water partition coefficient (Wildman–Crippen LogP) is 2.58. The van der Waals surface area contributed by atoms with Crippen LogP contribution in [0.2, 0.25) is 5.15 Å². The second-order valence-electron chi connectivity index (χ2n) is 2.12. The Morgan fingerprint density at radius 3 is 2.69 bits per heavy atom. The Morgan fingerprint density at radius 1 is 1.62 bits per heavy atom. The van der Waals surface area contributed by atoms with Gasteiger partial charge in [0.2, 0.25) is 0 Å². The van der Waals surface area contributed by atoms with Crippen LogP contribution in [-0.4, -0.2) is 9.91 Å². The van der Waals surface area contributed by atoms with Crippen LogP contribution in [-0.2, 0) is 0 Å². The van der Waals surface area contributed by atoms with Gasteiger partial charge < -0.3 is 0 Å². The third-order valence-corrected chi connectivity index (χ3v) is 1.52. The van der Waals surface area contributed by atoms with E-state index < -0.39 is 22.6 Å². The maximum Gasteiger partial charge on any atom is 0.296 e. The molecule has 0 aliphatic rings. The van der Waals surface area contributed by atoms with E-state index in [1.807, 2.05) is 0 Å². The van der Waals surface area contributed by atoms with Crippen LogP contribution in [0, 0.1) is 10.1 Å². The number of pyridine rings is 1. The van der Waals surface area contributed by atoms with Crippen molar-refractivity contribution in [3.63, 3.8) is 0 Å². The summed E-state index contributed by atoms with van der Waals surface area (Å²) in [6, 6.07) is 0.782. The molecule has 0 N–H and O–H groups in total. The van der Waals surface area contributed by atoms with E-state index in [4.69, 9.17) is 11.6 Å². The van der Waals surface area contributed by atoms with E-state index in [2.05, 4.69) is 4.98 Å². The van der Waals surface area contributed by atoms with Crippen molar-refractivity contribution in [2.24, 2.45) is 0 Å². The van der Waals surface area contributed by atoms with Crippen LogP contribution in [0.3, 0.4) is 0 Å². The second kappa shape index (κ2) is 3.61. The Labute approximate surface area is 76.3 Å². The van der Waals surface area contributed by atoms with Crippen LogP contribution in [0.25, 0.3) is 0 Å². The average molecular weight is 209 g/mol. The summed E-state index contributed by atoms with van der Waals surface area (Å²) in [5.41, 5.74) is -1.44. The van der Waals surface area contributed by atoms with Gasteiger partial charge in [-0.2, -0.15) is 0 Å². The molecule has 4 nitrogen and oxygen atoms in total. The van der Waals surface area contributed by atoms with E-state index >= 15 is 0 Å². The quantitative estimate of drug-likeness (QED) is 0.426. The SMILES string of the molecule is O=[N+]([O-])c1cnc(Cl)cc1C(F)F. The van der Waals surface area contributed by atoms with Crippen molar-refractivity contribution in [2.45, 2.75) is 6.43 Å². The number of hydrogen-bond donors (Lipinski definition) is 0. The molecule has 0 aliphatic heterocycles. The molecule has 0 bridgehead atoms. The zero-order valence-electron chi connectivity index (χ0n) is 6.08. The maximum absolute atomic E-state index is 12.2. The molecule has 0 aromatic carbocycles. The van der Waals surface area contributed by atoms with Crippen molar-refractivity contribution in [3.8, 4) is 0 Å². The summed E-state index contributed by atoms with van der Waals surface area (Å²) in [5, 5.41) is 10.0. The van der Waals surface area contributed by atoms with E-state index in [1.165, 1.54) is 0 Å². The summed E-state index contributed by atoms with van der Waals surface area (Å²) in [6.45, 7) is 0. The van der Waals surface area contributed by atoms with E-state index in [0.717, 1.165) is 6.07 Å². The Morgan fingerprint density at radius 2 is 2.23 bits per heavy atom. The van der Waals surface area contributed by atoms with Gasteiger partial charge in [-0.3, -0.25) is 10.1 Å². The minimum atomic E-state index is -2.93. The molecular formula is C6H3ClF2N2O2. The summed E-state index contributed by atoms with van der Waals surface area (Å²) in [7, 11) is 0. The van der Waals surface area contributed by atoms with Gasteiger partial charge in [-0.25, -0.2) is 13.8 Å². The predicted molar refractivity (Wildman–Crippen MR) is 40.9 cm³/mol. The molecule has 1 heterocycles. The Bertz CT molecular complexity index is 345. The van der Waals surface area contributed by atoms with Gasteiger partial charge in [0.1, 0.15) is 16.9 Å². The summed E-state index contributed by atoms with van der Waals surface area (Å²) >= 11 is 5.30.